The van der Waals surface area contributed by atoms with E-state index in [1.807, 2.05) is 24.4 Å². The largest absolute Gasteiger partial charge is 0.462 e. The summed E-state index contributed by atoms with van der Waals surface area (Å²) in [7, 11) is 0. The second-order valence-corrected chi connectivity index (χ2v) is 5.42. The number of imidazole rings is 1. The van der Waals surface area contributed by atoms with Crippen LogP contribution in [0.5, 0.6) is 0 Å². The van der Waals surface area contributed by atoms with Crippen molar-refractivity contribution >= 4 is 17.2 Å². The molecule has 1 amide bonds. The number of thiazole rings is 1. The molecule has 0 fully saturated rings. The fraction of sp³-hybridized carbons (Fsp3) is 0.214. The van der Waals surface area contributed by atoms with Gasteiger partial charge in [0.15, 0.2) is 10.8 Å². The van der Waals surface area contributed by atoms with Crippen molar-refractivity contribution in [1.82, 2.24) is 20.3 Å². The second kappa shape index (κ2) is 5.92. The van der Waals surface area contributed by atoms with Crippen LogP contribution in [0.1, 0.15) is 24.5 Å². The van der Waals surface area contributed by atoms with Crippen LogP contribution in [0, 0.1) is 0 Å². The standard InChI is InChI=1S/C14H14N4O2S/c1-9(13-15-4-5-16-13)17-12(19)7-10-8-21-14(18-10)11-3-2-6-20-11/h2-6,8-9H,7H2,1H3,(H,15,16)(H,17,19). The van der Waals surface area contributed by atoms with Crippen LogP contribution in [-0.4, -0.2) is 20.9 Å². The average molecular weight is 302 g/mol. The number of carbonyl (C=O) groups is 1. The van der Waals surface area contributed by atoms with Crippen LogP contribution in [0.2, 0.25) is 0 Å². The Balaban J connectivity index is 1.60. The molecule has 0 aliphatic carbocycles. The molecule has 1 atom stereocenters. The first-order valence-electron chi connectivity index (χ1n) is 6.49. The van der Waals surface area contributed by atoms with Crippen LogP contribution in [0.4, 0.5) is 0 Å². The Bertz CT molecular complexity index is 703. The van der Waals surface area contributed by atoms with E-state index in [0.717, 1.165) is 22.3 Å². The molecule has 1 unspecified atom stereocenters. The Labute approximate surface area is 125 Å². The molecule has 0 aromatic carbocycles. The van der Waals surface area contributed by atoms with Crippen molar-refractivity contribution in [2.75, 3.05) is 0 Å². The molecule has 108 valence electrons. The Morgan fingerprint density at radius 3 is 3.19 bits per heavy atom. The molecule has 0 aliphatic heterocycles. The molecule has 3 rings (SSSR count). The number of amides is 1. The zero-order chi connectivity index (χ0) is 14.7. The number of nitrogens with one attached hydrogen (secondary N) is 2. The predicted octanol–water partition coefficient (Wildman–Crippen LogP) is 2.55. The van der Waals surface area contributed by atoms with Crippen molar-refractivity contribution in [1.29, 1.82) is 0 Å². The third-order valence-corrected chi connectivity index (χ3v) is 3.84. The molecule has 0 bridgehead atoms. The molecule has 7 heteroatoms. The Morgan fingerprint density at radius 1 is 1.57 bits per heavy atom. The molecule has 6 nitrogen and oxygen atoms in total. The average Bonchev–Trinajstić information content (AvgIpc) is 3.21. The van der Waals surface area contributed by atoms with Crippen molar-refractivity contribution < 1.29 is 9.21 Å². The van der Waals surface area contributed by atoms with Crippen LogP contribution in [-0.2, 0) is 11.2 Å². The summed E-state index contributed by atoms with van der Waals surface area (Å²) in [5.41, 5.74) is 0.732. The first-order chi connectivity index (χ1) is 10.2. The lowest BCUT2D eigenvalue weighted by Crippen LogP contribution is -2.28. The maximum atomic E-state index is 12.0. The van der Waals surface area contributed by atoms with E-state index in [-0.39, 0.29) is 18.4 Å². The summed E-state index contributed by atoms with van der Waals surface area (Å²) in [5.74, 6) is 1.36. The second-order valence-electron chi connectivity index (χ2n) is 4.56. The minimum atomic E-state index is -0.157. The molecule has 0 radical (unpaired) electrons. The fourth-order valence-electron chi connectivity index (χ4n) is 1.94. The van der Waals surface area contributed by atoms with E-state index in [4.69, 9.17) is 4.42 Å². The van der Waals surface area contributed by atoms with E-state index in [1.54, 1.807) is 18.7 Å². The van der Waals surface area contributed by atoms with Crippen LogP contribution in [0.15, 0.2) is 40.6 Å². The lowest BCUT2D eigenvalue weighted by atomic mass is 10.2. The summed E-state index contributed by atoms with van der Waals surface area (Å²) in [4.78, 5) is 23.5. The zero-order valence-electron chi connectivity index (χ0n) is 11.4. The van der Waals surface area contributed by atoms with Crippen molar-refractivity contribution in [3.63, 3.8) is 0 Å². The van der Waals surface area contributed by atoms with Gasteiger partial charge in [0.1, 0.15) is 5.82 Å². The highest BCUT2D eigenvalue weighted by Gasteiger charge is 2.14. The van der Waals surface area contributed by atoms with Gasteiger partial charge in [0.25, 0.3) is 0 Å². The van der Waals surface area contributed by atoms with Gasteiger partial charge in [0.05, 0.1) is 24.4 Å². The van der Waals surface area contributed by atoms with Gasteiger partial charge in [-0.15, -0.1) is 11.3 Å². The smallest absolute Gasteiger partial charge is 0.226 e. The van der Waals surface area contributed by atoms with Gasteiger partial charge in [-0.3, -0.25) is 4.79 Å². The lowest BCUT2D eigenvalue weighted by Gasteiger charge is -2.10. The van der Waals surface area contributed by atoms with Crippen molar-refractivity contribution in [3.05, 3.63) is 47.7 Å². The van der Waals surface area contributed by atoms with Gasteiger partial charge < -0.3 is 14.7 Å². The summed E-state index contributed by atoms with van der Waals surface area (Å²) in [5, 5.41) is 5.53. The minimum absolute atomic E-state index is 0.0878. The number of hydrogen-bond donors (Lipinski definition) is 2. The Kier molecular flexibility index (Phi) is 3.83. The maximum absolute atomic E-state index is 12.0. The summed E-state index contributed by atoms with van der Waals surface area (Å²) in [6.07, 6.45) is 5.23. The molecule has 3 heterocycles. The van der Waals surface area contributed by atoms with Gasteiger partial charge >= 0.3 is 0 Å². The first kappa shape index (κ1) is 13.6. The predicted molar refractivity (Wildman–Crippen MR) is 78.7 cm³/mol. The quantitative estimate of drug-likeness (QED) is 0.758. The van der Waals surface area contributed by atoms with E-state index >= 15 is 0 Å². The number of aromatic amines is 1. The third kappa shape index (κ3) is 3.19. The molecule has 0 spiro atoms. The summed E-state index contributed by atoms with van der Waals surface area (Å²) in [6.45, 7) is 1.88. The number of furan rings is 1. The summed E-state index contributed by atoms with van der Waals surface area (Å²) in [6, 6.07) is 3.51. The molecular weight excluding hydrogens is 288 g/mol. The molecule has 0 saturated carbocycles. The SMILES string of the molecule is CC(NC(=O)Cc1csc(-c2ccco2)n1)c1ncc[nH]1. The monoisotopic (exact) mass is 302 g/mol. The van der Waals surface area contributed by atoms with Gasteiger partial charge in [0.2, 0.25) is 5.91 Å². The van der Waals surface area contributed by atoms with E-state index in [2.05, 4.69) is 20.3 Å². The first-order valence-corrected chi connectivity index (χ1v) is 7.37. The van der Waals surface area contributed by atoms with Crippen LogP contribution in [0.3, 0.4) is 0 Å². The Hall–Kier alpha value is -2.41. The number of nitrogens with zero attached hydrogens (tertiary/aromatic N) is 2. The highest BCUT2D eigenvalue weighted by atomic mass is 32.1. The van der Waals surface area contributed by atoms with E-state index in [9.17, 15) is 4.79 Å². The molecule has 0 saturated heterocycles. The molecule has 3 aromatic rings. The van der Waals surface area contributed by atoms with Crippen molar-refractivity contribution in [3.8, 4) is 10.8 Å². The highest BCUT2D eigenvalue weighted by molar-refractivity contribution is 7.13. The highest BCUT2D eigenvalue weighted by Crippen LogP contribution is 2.24. The third-order valence-electron chi connectivity index (χ3n) is 2.93. The zero-order valence-corrected chi connectivity index (χ0v) is 12.2. The maximum Gasteiger partial charge on any atom is 0.226 e. The molecule has 21 heavy (non-hydrogen) atoms. The summed E-state index contributed by atoms with van der Waals surface area (Å²) >= 11 is 1.46. The number of aromatic nitrogens is 3. The minimum Gasteiger partial charge on any atom is -0.462 e. The van der Waals surface area contributed by atoms with E-state index < -0.39 is 0 Å². The van der Waals surface area contributed by atoms with E-state index in [1.165, 1.54) is 11.3 Å². The number of hydrogen-bond acceptors (Lipinski definition) is 5. The number of carbonyl (C=O) groups excluding carboxylic acids is 1. The molecule has 3 aromatic heterocycles. The van der Waals surface area contributed by atoms with Gasteiger partial charge in [0, 0.05) is 17.8 Å². The Morgan fingerprint density at radius 2 is 2.48 bits per heavy atom. The van der Waals surface area contributed by atoms with Crippen LogP contribution in [0.25, 0.3) is 10.8 Å². The molecular formula is C14H14N4O2S. The van der Waals surface area contributed by atoms with Crippen LogP contribution < -0.4 is 5.32 Å². The van der Waals surface area contributed by atoms with E-state index in [0.29, 0.717) is 0 Å². The van der Waals surface area contributed by atoms with Gasteiger partial charge in [-0.25, -0.2) is 9.97 Å². The number of rotatable bonds is 5. The topological polar surface area (TPSA) is 83.8 Å². The normalized spacial score (nSPS) is 12.2. The van der Waals surface area contributed by atoms with Crippen molar-refractivity contribution in [2.45, 2.75) is 19.4 Å². The van der Waals surface area contributed by atoms with Gasteiger partial charge in [-0.1, -0.05) is 0 Å². The molecule has 0 aliphatic rings. The fourth-order valence-corrected chi connectivity index (χ4v) is 2.73. The van der Waals surface area contributed by atoms with Gasteiger partial charge in [-0.2, -0.15) is 0 Å². The summed E-state index contributed by atoms with van der Waals surface area (Å²) < 4.78 is 5.29. The van der Waals surface area contributed by atoms with Crippen LogP contribution >= 0.6 is 11.3 Å². The van der Waals surface area contributed by atoms with Crippen molar-refractivity contribution in [2.24, 2.45) is 0 Å². The lowest BCUT2D eigenvalue weighted by molar-refractivity contribution is -0.121. The molecule has 2 N–H and O–H groups in total. The number of H-pyrrole nitrogens is 1. The van der Waals surface area contributed by atoms with Gasteiger partial charge in [-0.05, 0) is 19.1 Å².